The molecule has 110 valence electrons. The second kappa shape index (κ2) is 7.45. The molecule has 0 saturated carbocycles. The molecule has 19 heavy (non-hydrogen) atoms. The number of likely N-dealkylation sites (N-methyl/N-ethyl adjacent to an activating group) is 1. The summed E-state index contributed by atoms with van der Waals surface area (Å²) in [7, 11) is 3.52. The highest BCUT2D eigenvalue weighted by Crippen LogP contribution is 2.19. The molecule has 0 aromatic heterocycles. The van der Waals surface area contributed by atoms with E-state index in [-0.39, 0.29) is 23.8 Å². The van der Waals surface area contributed by atoms with Crippen LogP contribution in [0.25, 0.3) is 0 Å². The van der Waals surface area contributed by atoms with Crippen molar-refractivity contribution in [1.82, 2.24) is 15.1 Å². The number of likely N-dealkylation sites (tertiary alicyclic amines) is 1. The quantitative estimate of drug-likeness (QED) is 0.689. The van der Waals surface area contributed by atoms with Crippen LogP contribution in [-0.4, -0.2) is 67.9 Å². The van der Waals surface area contributed by atoms with Gasteiger partial charge in [-0.1, -0.05) is 0 Å². The SMILES string of the molecule is CC(C(=O)N(C)C)N1CCCC(C(=O)NCCN)C1. The number of carbonyl (C=O) groups is 2. The molecule has 1 aliphatic rings. The predicted molar refractivity (Wildman–Crippen MR) is 74.5 cm³/mol. The van der Waals surface area contributed by atoms with Crippen LogP contribution in [0.3, 0.4) is 0 Å². The van der Waals surface area contributed by atoms with Crippen molar-refractivity contribution in [2.75, 3.05) is 40.3 Å². The fraction of sp³-hybridized carbons (Fsp3) is 0.846. The summed E-state index contributed by atoms with van der Waals surface area (Å²) in [4.78, 5) is 27.6. The Labute approximate surface area is 115 Å². The number of carbonyl (C=O) groups excluding carboxylic acids is 2. The minimum Gasteiger partial charge on any atom is -0.355 e. The van der Waals surface area contributed by atoms with E-state index in [0.29, 0.717) is 19.6 Å². The lowest BCUT2D eigenvalue weighted by atomic mass is 9.96. The van der Waals surface area contributed by atoms with Gasteiger partial charge in [0.1, 0.15) is 0 Å². The van der Waals surface area contributed by atoms with E-state index in [4.69, 9.17) is 5.73 Å². The number of rotatable bonds is 5. The fourth-order valence-electron chi connectivity index (χ4n) is 2.44. The van der Waals surface area contributed by atoms with Gasteiger partial charge in [-0.3, -0.25) is 14.5 Å². The smallest absolute Gasteiger partial charge is 0.239 e. The molecular weight excluding hydrogens is 244 g/mol. The highest BCUT2D eigenvalue weighted by Gasteiger charge is 2.31. The van der Waals surface area contributed by atoms with Crippen LogP contribution in [-0.2, 0) is 9.59 Å². The van der Waals surface area contributed by atoms with Crippen molar-refractivity contribution in [2.24, 2.45) is 11.7 Å². The average molecular weight is 270 g/mol. The van der Waals surface area contributed by atoms with E-state index in [9.17, 15) is 9.59 Å². The third-order valence-corrected chi connectivity index (χ3v) is 3.61. The third kappa shape index (κ3) is 4.47. The molecule has 0 aromatic rings. The molecule has 6 nitrogen and oxygen atoms in total. The molecule has 0 spiro atoms. The Kier molecular flexibility index (Phi) is 6.24. The van der Waals surface area contributed by atoms with Gasteiger partial charge in [-0.2, -0.15) is 0 Å². The van der Waals surface area contributed by atoms with Crippen LogP contribution in [0.2, 0.25) is 0 Å². The second-order valence-corrected chi connectivity index (χ2v) is 5.32. The van der Waals surface area contributed by atoms with Gasteiger partial charge in [0.05, 0.1) is 12.0 Å². The zero-order valence-corrected chi connectivity index (χ0v) is 12.2. The highest BCUT2D eigenvalue weighted by molar-refractivity contribution is 5.81. The molecule has 1 rings (SSSR count). The van der Waals surface area contributed by atoms with Crippen molar-refractivity contribution in [3.05, 3.63) is 0 Å². The van der Waals surface area contributed by atoms with Crippen LogP contribution in [0, 0.1) is 5.92 Å². The van der Waals surface area contributed by atoms with E-state index in [1.54, 1.807) is 19.0 Å². The summed E-state index contributed by atoms with van der Waals surface area (Å²) in [5.41, 5.74) is 5.38. The maximum Gasteiger partial charge on any atom is 0.239 e. The number of hydrogen-bond acceptors (Lipinski definition) is 4. The summed E-state index contributed by atoms with van der Waals surface area (Å²) in [6.45, 7) is 4.40. The third-order valence-electron chi connectivity index (χ3n) is 3.61. The van der Waals surface area contributed by atoms with E-state index in [0.717, 1.165) is 19.4 Å². The Hall–Kier alpha value is -1.14. The Balaban J connectivity index is 2.54. The van der Waals surface area contributed by atoms with Crippen LogP contribution in [0.5, 0.6) is 0 Å². The van der Waals surface area contributed by atoms with E-state index < -0.39 is 0 Å². The molecule has 2 unspecified atom stereocenters. The largest absolute Gasteiger partial charge is 0.355 e. The van der Waals surface area contributed by atoms with Crippen molar-refractivity contribution in [1.29, 1.82) is 0 Å². The zero-order valence-electron chi connectivity index (χ0n) is 12.2. The second-order valence-electron chi connectivity index (χ2n) is 5.32. The van der Waals surface area contributed by atoms with Crippen molar-refractivity contribution in [2.45, 2.75) is 25.8 Å². The first-order valence-corrected chi connectivity index (χ1v) is 6.90. The molecule has 1 saturated heterocycles. The Morgan fingerprint density at radius 1 is 1.47 bits per heavy atom. The summed E-state index contributed by atoms with van der Waals surface area (Å²) in [5.74, 6) is 0.111. The lowest BCUT2D eigenvalue weighted by Gasteiger charge is -2.36. The van der Waals surface area contributed by atoms with Crippen LogP contribution in [0.1, 0.15) is 19.8 Å². The topological polar surface area (TPSA) is 78.7 Å². The number of hydrogen-bond donors (Lipinski definition) is 2. The van der Waals surface area contributed by atoms with Gasteiger partial charge in [-0.25, -0.2) is 0 Å². The van der Waals surface area contributed by atoms with Gasteiger partial charge < -0.3 is 16.0 Å². The average Bonchev–Trinajstić information content (AvgIpc) is 2.43. The van der Waals surface area contributed by atoms with E-state index in [1.807, 2.05) is 6.92 Å². The summed E-state index contributed by atoms with van der Waals surface area (Å²) < 4.78 is 0. The fourth-order valence-corrected chi connectivity index (χ4v) is 2.44. The molecule has 0 bridgehead atoms. The van der Waals surface area contributed by atoms with E-state index in [1.165, 1.54) is 0 Å². The molecule has 0 aromatic carbocycles. The Bertz CT molecular complexity index is 320. The first kappa shape index (κ1) is 15.9. The van der Waals surface area contributed by atoms with Crippen LogP contribution in [0.15, 0.2) is 0 Å². The van der Waals surface area contributed by atoms with Gasteiger partial charge >= 0.3 is 0 Å². The van der Waals surface area contributed by atoms with Crippen LogP contribution >= 0.6 is 0 Å². The molecule has 1 heterocycles. The molecular formula is C13H26N4O2. The van der Waals surface area contributed by atoms with Gasteiger partial charge in [0.15, 0.2) is 0 Å². The van der Waals surface area contributed by atoms with Gasteiger partial charge in [0.25, 0.3) is 0 Å². The predicted octanol–water partition coefficient (Wildman–Crippen LogP) is -0.750. The minimum atomic E-state index is -0.167. The van der Waals surface area contributed by atoms with Crippen LogP contribution in [0.4, 0.5) is 0 Å². The summed E-state index contributed by atoms with van der Waals surface area (Å²) in [6, 6.07) is -0.167. The lowest BCUT2D eigenvalue weighted by Crippen LogP contribution is -2.51. The Morgan fingerprint density at radius 3 is 2.74 bits per heavy atom. The van der Waals surface area contributed by atoms with Gasteiger partial charge in [0, 0.05) is 33.7 Å². The number of amides is 2. The van der Waals surface area contributed by atoms with Crippen molar-refractivity contribution < 1.29 is 9.59 Å². The van der Waals surface area contributed by atoms with Crippen molar-refractivity contribution in [3.63, 3.8) is 0 Å². The number of nitrogens with one attached hydrogen (secondary N) is 1. The van der Waals surface area contributed by atoms with E-state index in [2.05, 4.69) is 10.2 Å². The molecule has 6 heteroatoms. The molecule has 0 radical (unpaired) electrons. The Morgan fingerprint density at radius 2 is 2.16 bits per heavy atom. The number of nitrogens with two attached hydrogens (primary N) is 1. The molecule has 2 atom stereocenters. The number of piperidine rings is 1. The molecule has 1 fully saturated rings. The van der Waals surface area contributed by atoms with Crippen molar-refractivity contribution >= 4 is 11.8 Å². The number of nitrogens with zero attached hydrogens (tertiary/aromatic N) is 2. The maximum absolute atomic E-state index is 12.0. The standard InChI is InChI=1S/C13H26N4O2/c1-10(13(19)16(2)3)17-8-4-5-11(9-17)12(18)15-7-6-14/h10-11H,4-9,14H2,1-3H3,(H,15,18). The van der Waals surface area contributed by atoms with Crippen molar-refractivity contribution in [3.8, 4) is 0 Å². The minimum absolute atomic E-state index is 0.0299. The van der Waals surface area contributed by atoms with Gasteiger partial charge in [-0.05, 0) is 26.3 Å². The molecule has 3 N–H and O–H groups in total. The summed E-state index contributed by atoms with van der Waals surface area (Å²) in [6.07, 6.45) is 1.83. The molecule has 1 aliphatic heterocycles. The maximum atomic E-state index is 12.0. The van der Waals surface area contributed by atoms with Crippen LogP contribution < -0.4 is 11.1 Å². The molecule has 2 amide bonds. The monoisotopic (exact) mass is 270 g/mol. The highest BCUT2D eigenvalue weighted by atomic mass is 16.2. The zero-order chi connectivity index (χ0) is 14.4. The van der Waals surface area contributed by atoms with Gasteiger partial charge in [0.2, 0.25) is 11.8 Å². The van der Waals surface area contributed by atoms with Gasteiger partial charge in [-0.15, -0.1) is 0 Å². The van der Waals surface area contributed by atoms with E-state index >= 15 is 0 Å². The molecule has 0 aliphatic carbocycles. The summed E-state index contributed by atoms with van der Waals surface area (Å²) >= 11 is 0. The summed E-state index contributed by atoms with van der Waals surface area (Å²) in [5, 5.41) is 2.83. The first-order valence-electron chi connectivity index (χ1n) is 6.90. The lowest BCUT2D eigenvalue weighted by molar-refractivity contribution is -0.136. The first-order chi connectivity index (χ1) is 8.97. The normalized spacial score (nSPS) is 21.8.